The highest BCUT2D eigenvalue weighted by atomic mass is 35.5. The van der Waals surface area contributed by atoms with Crippen LogP contribution in [0.3, 0.4) is 0 Å². The smallest absolute Gasteiger partial charge is 0.197 e. The van der Waals surface area contributed by atoms with Crippen LogP contribution in [0.15, 0.2) is 54.6 Å². The number of para-hydroxylation sites is 1. The molecule has 2 aromatic carbocycles. The van der Waals surface area contributed by atoms with Crippen LogP contribution in [0.4, 0.5) is 11.9 Å². The maximum atomic E-state index is 11.6. The standard InChI is InChI=1S/C19H17ClN5O3S/c1-28-17-6-4-3-5-14(17)16-11-15(12-7-9-13(20)10-8-12)21-19-22-18(23-25(16)19)24-29(2,26)27/h3-11,16H,1-2H3,(H-,21,22,23,24)/q-1/t16-/m1/s1. The van der Waals surface area contributed by atoms with E-state index in [0.717, 1.165) is 23.1 Å². The topological polar surface area (TPSA) is 100 Å². The molecule has 0 fully saturated rings. The first-order valence-electron chi connectivity index (χ1n) is 8.61. The highest BCUT2D eigenvalue weighted by Gasteiger charge is 2.24. The van der Waals surface area contributed by atoms with Crippen LogP contribution in [0, 0.1) is 0 Å². The van der Waals surface area contributed by atoms with E-state index in [-0.39, 0.29) is 12.0 Å². The van der Waals surface area contributed by atoms with Crippen LogP contribution in [0.5, 0.6) is 5.75 Å². The molecule has 1 aliphatic rings. The molecule has 0 amide bonds. The van der Waals surface area contributed by atoms with E-state index in [9.17, 15) is 8.42 Å². The summed E-state index contributed by atoms with van der Waals surface area (Å²) in [7, 11) is -2.05. The molecule has 10 heteroatoms. The predicted octanol–water partition coefficient (Wildman–Crippen LogP) is 3.96. The summed E-state index contributed by atoms with van der Waals surface area (Å²) in [5.41, 5.74) is 2.52. The number of sulfonamides is 1. The molecule has 8 nitrogen and oxygen atoms in total. The Morgan fingerprint density at radius 3 is 2.59 bits per heavy atom. The molecule has 0 bridgehead atoms. The quantitative estimate of drug-likeness (QED) is 0.657. The Kier molecular flexibility index (Phi) is 4.93. The molecule has 1 aromatic heterocycles. The fourth-order valence-electron chi connectivity index (χ4n) is 3.10. The normalized spacial score (nSPS) is 15.8. The SMILES string of the molecule is COc1ccccc1[C@H]1C=C(c2ccc(Cl)cc2)Nc2nc([N-]S(C)(=O)=O)nn21. The van der Waals surface area contributed by atoms with Gasteiger partial charge in [-0.3, -0.25) is 14.5 Å². The van der Waals surface area contributed by atoms with Crippen molar-refractivity contribution in [2.24, 2.45) is 0 Å². The summed E-state index contributed by atoms with van der Waals surface area (Å²) in [6, 6.07) is 14.5. The van der Waals surface area contributed by atoms with E-state index in [2.05, 4.69) is 20.1 Å². The van der Waals surface area contributed by atoms with E-state index in [1.54, 1.807) is 23.9 Å². The van der Waals surface area contributed by atoms with Crippen LogP contribution >= 0.6 is 11.6 Å². The Balaban J connectivity index is 1.84. The van der Waals surface area contributed by atoms with Gasteiger partial charge in [0.05, 0.1) is 19.1 Å². The largest absolute Gasteiger partial charge is 0.496 e. The molecule has 0 spiro atoms. The highest BCUT2D eigenvalue weighted by Crippen LogP contribution is 2.37. The Bertz CT molecular complexity index is 1190. The molecular weight excluding hydrogens is 414 g/mol. The first kappa shape index (κ1) is 19.3. The van der Waals surface area contributed by atoms with Gasteiger partial charge >= 0.3 is 0 Å². The average molecular weight is 431 g/mol. The summed E-state index contributed by atoms with van der Waals surface area (Å²) in [6.07, 6.45) is 2.96. The molecule has 1 atom stereocenters. The molecule has 0 radical (unpaired) electrons. The first-order chi connectivity index (χ1) is 13.8. The Hall–Kier alpha value is -3.04. The van der Waals surface area contributed by atoms with Gasteiger partial charge < -0.3 is 15.0 Å². The number of anilines is 1. The van der Waals surface area contributed by atoms with Crippen molar-refractivity contribution in [3.8, 4) is 5.75 Å². The van der Waals surface area contributed by atoms with Crippen molar-refractivity contribution in [2.75, 3.05) is 18.7 Å². The van der Waals surface area contributed by atoms with Crippen molar-refractivity contribution >= 4 is 39.2 Å². The molecule has 0 unspecified atom stereocenters. The van der Waals surface area contributed by atoms with Crippen molar-refractivity contribution in [1.82, 2.24) is 14.8 Å². The van der Waals surface area contributed by atoms with E-state index >= 15 is 0 Å². The second-order valence-corrected chi connectivity index (χ2v) is 8.49. The van der Waals surface area contributed by atoms with Gasteiger partial charge in [0.25, 0.3) is 0 Å². The highest BCUT2D eigenvalue weighted by molar-refractivity contribution is 7.93. The Morgan fingerprint density at radius 1 is 1.17 bits per heavy atom. The van der Waals surface area contributed by atoms with E-state index in [1.165, 1.54) is 0 Å². The number of nitrogens with one attached hydrogen (secondary N) is 1. The van der Waals surface area contributed by atoms with Crippen molar-refractivity contribution in [3.63, 3.8) is 0 Å². The summed E-state index contributed by atoms with van der Waals surface area (Å²) in [5.74, 6) is 0.908. The number of halogens is 1. The molecule has 29 heavy (non-hydrogen) atoms. The van der Waals surface area contributed by atoms with Crippen LogP contribution < -0.4 is 10.1 Å². The second-order valence-electron chi connectivity index (χ2n) is 6.40. The monoisotopic (exact) mass is 430 g/mol. The minimum Gasteiger partial charge on any atom is -0.496 e. The number of nitrogens with zero attached hydrogens (tertiary/aromatic N) is 4. The lowest BCUT2D eigenvalue weighted by Gasteiger charge is -2.28. The Morgan fingerprint density at radius 2 is 1.90 bits per heavy atom. The summed E-state index contributed by atoms with van der Waals surface area (Å²) < 4.78 is 33.8. The summed E-state index contributed by atoms with van der Waals surface area (Å²) >= 11 is 6.01. The van der Waals surface area contributed by atoms with Gasteiger partial charge in [-0.1, -0.05) is 41.9 Å². The number of ether oxygens (including phenoxy) is 1. The molecule has 3 aromatic rings. The number of hydrogen-bond donors (Lipinski definition) is 1. The van der Waals surface area contributed by atoms with Crippen LogP contribution in [0.25, 0.3) is 10.4 Å². The van der Waals surface area contributed by atoms with Gasteiger partial charge in [0.2, 0.25) is 0 Å². The van der Waals surface area contributed by atoms with E-state index < -0.39 is 10.0 Å². The summed E-state index contributed by atoms with van der Waals surface area (Å²) in [5, 5.41) is 8.10. The number of allylic oxidation sites excluding steroid dienone is 1. The van der Waals surface area contributed by atoms with Gasteiger partial charge in [0.15, 0.2) is 10.0 Å². The van der Waals surface area contributed by atoms with E-state index in [1.807, 2.05) is 42.5 Å². The van der Waals surface area contributed by atoms with Gasteiger partial charge in [-0.15, -0.1) is 0 Å². The molecule has 150 valence electrons. The zero-order valence-electron chi connectivity index (χ0n) is 15.6. The van der Waals surface area contributed by atoms with Gasteiger partial charge in [-0.25, -0.2) is 8.42 Å². The third-order valence-corrected chi connectivity index (χ3v) is 5.06. The lowest BCUT2D eigenvalue weighted by Crippen LogP contribution is -2.20. The number of methoxy groups -OCH3 is 1. The van der Waals surface area contributed by atoms with Crippen molar-refractivity contribution < 1.29 is 13.2 Å². The van der Waals surface area contributed by atoms with Crippen molar-refractivity contribution in [2.45, 2.75) is 6.04 Å². The van der Waals surface area contributed by atoms with Crippen LogP contribution in [-0.2, 0) is 10.0 Å². The zero-order valence-corrected chi connectivity index (χ0v) is 17.1. The van der Waals surface area contributed by atoms with Crippen molar-refractivity contribution in [3.05, 3.63) is 75.5 Å². The molecular formula is C19H17ClN5O3S-. The molecule has 0 saturated carbocycles. The number of aromatic nitrogens is 3. The van der Waals surface area contributed by atoms with Gasteiger partial charge in [-0.2, -0.15) is 0 Å². The lowest BCUT2D eigenvalue weighted by atomic mass is 10.0. The molecule has 1 N–H and O–H groups in total. The number of fused-ring (bicyclic) bond motifs is 1. The average Bonchev–Trinajstić information content (AvgIpc) is 3.08. The number of hydrogen-bond acceptors (Lipinski definition) is 6. The second kappa shape index (κ2) is 7.41. The maximum absolute atomic E-state index is 11.6. The number of benzene rings is 2. The third-order valence-electron chi connectivity index (χ3n) is 4.31. The van der Waals surface area contributed by atoms with Crippen LogP contribution in [0.2, 0.25) is 5.02 Å². The van der Waals surface area contributed by atoms with E-state index in [0.29, 0.717) is 16.7 Å². The molecule has 2 heterocycles. The molecule has 4 rings (SSSR count). The summed E-state index contributed by atoms with van der Waals surface area (Å²) in [6.45, 7) is 0. The number of rotatable bonds is 5. The van der Waals surface area contributed by atoms with Crippen LogP contribution in [0.1, 0.15) is 17.2 Å². The molecule has 0 aliphatic carbocycles. The minimum absolute atomic E-state index is 0.138. The first-order valence-corrected chi connectivity index (χ1v) is 10.8. The minimum atomic E-state index is -3.64. The fraction of sp³-hybridized carbons (Fsp3) is 0.158. The third kappa shape index (κ3) is 4.06. The molecule has 1 aliphatic heterocycles. The lowest BCUT2D eigenvalue weighted by molar-refractivity contribution is 0.404. The van der Waals surface area contributed by atoms with E-state index in [4.69, 9.17) is 16.3 Å². The predicted molar refractivity (Wildman–Crippen MR) is 112 cm³/mol. The fourth-order valence-corrected chi connectivity index (χ4v) is 3.60. The maximum Gasteiger partial charge on any atom is 0.197 e. The molecule has 0 saturated heterocycles. The van der Waals surface area contributed by atoms with Crippen LogP contribution in [-0.4, -0.2) is 36.5 Å². The van der Waals surface area contributed by atoms with Gasteiger partial charge in [0, 0.05) is 22.5 Å². The van der Waals surface area contributed by atoms with Gasteiger partial charge in [0.1, 0.15) is 11.7 Å². The summed E-state index contributed by atoms with van der Waals surface area (Å²) in [4.78, 5) is 4.25. The Labute approximate surface area is 173 Å². The van der Waals surface area contributed by atoms with Gasteiger partial charge in [-0.05, 0) is 29.8 Å². The van der Waals surface area contributed by atoms with Crippen molar-refractivity contribution in [1.29, 1.82) is 0 Å². The zero-order chi connectivity index (χ0) is 20.6.